The van der Waals surface area contributed by atoms with Gasteiger partial charge in [-0.1, -0.05) is 42.5 Å². The quantitative estimate of drug-likeness (QED) is 0.701. The largest absolute Gasteiger partial charge is 0.368 e. The minimum Gasteiger partial charge on any atom is -0.368 e. The first-order valence-electron chi connectivity index (χ1n) is 6.94. The summed E-state index contributed by atoms with van der Waals surface area (Å²) in [6.07, 6.45) is 0. The van der Waals surface area contributed by atoms with Crippen LogP contribution in [0.4, 0.5) is 0 Å². The van der Waals surface area contributed by atoms with E-state index in [9.17, 15) is 9.59 Å². The first-order valence-corrected chi connectivity index (χ1v) is 6.94. The summed E-state index contributed by atoms with van der Waals surface area (Å²) < 4.78 is 0. The molecule has 0 aliphatic carbocycles. The molecular formula is C16H20N3O2+. The van der Waals surface area contributed by atoms with Gasteiger partial charge in [0.15, 0.2) is 6.54 Å². The smallest absolute Gasteiger partial charge is 0.275 e. The molecule has 5 nitrogen and oxygen atoms in total. The number of hydrogen-bond acceptors (Lipinski definition) is 2. The fourth-order valence-corrected chi connectivity index (χ4v) is 2.32. The van der Waals surface area contributed by atoms with Crippen molar-refractivity contribution in [1.29, 1.82) is 0 Å². The summed E-state index contributed by atoms with van der Waals surface area (Å²) in [4.78, 5) is 22.2. The number of benzene rings is 2. The SMILES string of the molecule is C[C@@H]([NH2+]CC(=O)NCC(N)=O)c1cccc2ccccc12. The molecule has 0 unspecified atom stereocenters. The van der Waals surface area contributed by atoms with Crippen molar-refractivity contribution < 1.29 is 14.9 Å². The molecule has 0 radical (unpaired) electrons. The summed E-state index contributed by atoms with van der Waals surface area (Å²) in [5.41, 5.74) is 6.18. The van der Waals surface area contributed by atoms with Gasteiger partial charge in [-0.05, 0) is 17.7 Å². The Morgan fingerprint density at radius 1 is 1.19 bits per heavy atom. The van der Waals surface area contributed by atoms with E-state index in [-0.39, 0.29) is 25.0 Å². The van der Waals surface area contributed by atoms with Crippen molar-refractivity contribution >= 4 is 22.6 Å². The third-order valence-corrected chi connectivity index (χ3v) is 3.43. The molecule has 0 aliphatic heterocycles. The topological polar surface area (TPSA) is 88.8 Å². The maximum Gasteiger partial charge on any atom is 0.275 e. The van der Waals surface area contributed by atoms with Crippen molar-refractivity contribution in [3.05, 3.63) is 48.0 Å². The Labute approximate surface area is 123 Å². The minimum absolute atomic E-state index is 0.116. The molecular weight excluding hydrogens is 266 g/mol. The van der Waals surface area contributed by atoms with Gasteiger partial charge in [-0.2, -0.15) is 0 Å². The summed E-state index contributed by atoms with van der Waals surface area (Å²) in [6.45, 7) is 2.20. The van der Waals surface area contributed by atoms with Gasteiger partial charge in [0.25, 0.3) is 5.91 Å². The van der Waals surface area contributed by atoms with E-state index in [4.69, 9.17) is 5.73 Å². The lowest BCUT2D eigenvalue weighted by atomic mass is 10.00. The van der Waals surface area contributed by atoms with Gasteiger partial charge in [-0.15, -0.1) is 0 Å². The number of quaternary nitrogens is 1. The molecule has 0 aromatic heterocycles. The van der Waals surface area contributed by atoms with Gasteiger partial charge >= 0.3 is 0 Å². The molecule has 2 aromatic rings. The number of rotatable bonds is 6. The van der Waals surface area contributed by atoms with E-state index in [2.05, 4.69) is 36.5 Å². The van der Waals surface area contributed by atoms with Crippen LogP contribution in [-0.2, 0) is 9.59 Å². The molecule has 0 saturated heterocycles. The second-order valence-corrected chi connectivity index (χ2v) is 5.04. The first kappa shape index (κ1) is 15.0. The molecule has 0 heterocycles. The second kappa shape index (κ2) is 6.85. The highest BCUT2D eigenvalue weighted by molar-refractivity contribution is 5.86. The van der Waals surface area contributed by atoms with Gasteiger partial charge < -0.3 is 16.4 Å². The molecule has 0 saturated carbocycles. The van der Waals surface area contributed by atoms with E-state index in [1.165, 1.54) is 16.3 Å². The zero-order valence-electron chi connectivity index (χ0n) is 12.0. The van der Waals surface area contributed by atoms with Crippen LogP contribution in [0, 0.1) is 0 Å². The summed E-state index contributed by atoms with van der Waals surface area (Å²) in [5, 5.41) is 6.81. The Balaban J connectivity index is 2.01. The number of primary amides is 1. The summed E-state index contributed by atoms with van der Waals surface area (Å²) >= 11 is 0. The van der Waals surface area contributed by atoms with Crippen molar-refractivity contribution in [2.24, 2.45) is 5.73 Å². The van der Waals surface area contributed by atoms with Crippen LogP contribution >= 0.6 is 0 Å². The fraction of sp³-hybridized carbons (Fsp3) is 0.250. The van der Waals surface area contributed by atoms with Gasteiger partial charge in [0.2, 0.25) is 5.91 Å². The molecule has 0 aliphatic rings. The summed E-state index contributed by atoms with van der Waals surface area (Å²) in [5.74, 6) is -0.730. The molecule has 2 amide bonds. The number of fused-ring (bicyclic) bond motifs is 1. The van der Waals surface area contributed by atoms with Crippen molar-refractivity contribution in [3.63, 3.8) is 0 Å². The van der Waals surface area contributed by atoms with E-state index in [0.29, 0.717) is 0 Å². The van der Waals surface area contributed by atoms with Crippen LogP contribution in [0.3, 0.4) is 0 Å². The van der Waals surface area contributed by atoms with Crippen LogP contribution in [0.5, 0.6) is 0 Å². The highest BCUT2D eigenvalue weighted by Crippen LogP contribution is 2.21. The third-order valence-electron chi connectivity index (χ3n) is 3.43. The first-order chi connectivity index (χ1) is 10.1. The van der Waals surface area contributed by atoms with E-state index in [0.717, 1.165) is 0 Å². The van der Waals surface area contributed by atoms with E-state index in [1.54, 1.807) is 0 Å². The van der Waals surface area contributed by atoms with Crippen molar-refractivity contribution in [3.8, 4) is 0 Å². The zero-order valence-corrected chi connectivity index (χ0v) is 12.0. The lowest BCUT2D eigenvalue weighted by Gasteiger charge is -2.13. The molecule has 0 spiro atoms. The average Bonchev–Trinajstić information content (AvgIpc) is 2.50. The molecule has 21 heavy (non-hydrogen) atoms. The fourth-order valence-electron chi connectivity index (χ4n) is 2.32. The number of carbonyl (C=O) groups is 2. The molecule has 5 N–H and O–H groups in total. The van der Waals surface area contributed by atoms with Gasteiger partial charge in [0, 0.05) is 5.56 Å². The van der Waals surface area contributed by atoms with Crippen LogP contribution in [0.15, 0.2) is 42.5 Å². The Hall–Kier alpha value is -2.40. The van der Waals surface area contributed by atoms with Gasteiger partial charge in [0.1, 0.15) is 6.04 Å². The molecule has 0 fully saturated rings. The molecule has 2 rings (SSSR count). The van der Waals surface area contributed by atoms with Crippen LogP contribution in [0.2, 0.25) is 0 Å². The number of nitrogens with two attached hydrogens (primary N) is 2. The Morgan fingerprint density at radius 3 is 2.67 bits per heavy atom. The van der Waals surface area contributed by atoms with Gasteiger partial charge in [-0.25, -0.2) is 0 Å². The Kier molecular flexibility index (Phi) is 4.90. The molecule has 110 valence electrons. The highest BCUT2D eigenvalue weighted by Gasteiger charge is 2.14. The van der Waals surface area contributed by atoms with Gasteiger partial charge in [-0.3, -0.25) is 9.59 Å². The van der Waals surface area contributed by atoms with E-state index in [1.807, 2.05) is 23.5 Å². The maximum absolute atomic E-state index is 11.6. The predicted octanol–water partition coefficient (Wildman–Crippen LogP) is 0.0657. The van der Waals surface area contributed by atoms with Crippen LogP contribution in [0.1, 0.15) is 18.5 Å². The third kappa shape index (κ3) is 4.03. The normalized spacial score (nSPS) is 12.0. The lowest BCUT2D eigenvalue weighted by molar-refractivity contribution is -0.682. The Morgan fingerprint density at radius 2 is 1.90 bits per heavy atom. The van der Waals surface area contributed by atoms with Crippen LogP contribution < -0.4 is 16.4 Å². The standard InChI is InChI=1S/C16H19N3O2/c1-11(18-10-16(21)19-9-15(17)20)13-8-4-6-12-5-2-3-7-14(12)13/h2-8,11,18H,9-10H2,1H3,(H2,17,20)(H,19,21)/p+1/t11-/m1/s1. The number of nitrogens with one attached hydrogen (secondary N) is 1. The van der Waals surface area contributed by atoms with Crippen LogP contribution in [-0.4, -0.2) is 24.9 Å². The van der Waals surface area contributed by atoms with Crippen LogP contribution in [0.25, 0.3) is 10.8 Å². The monoisotopic (exact) mass is 286 g/mol. The summed E-state index contributed by atoms with van der Waals surface area (Å²) in [7, 11) is 0. The minimum atomic E-state index is -0.537. The van der Waals surface area contributed by atoms with E-state index < -0.39 is 5.91 Å². The number of carbonyl (C=O) groups excluding carboxylic acids is 2. The zero-order chi connectivity index (χ0) is 15.2. The number of hydrogen-bond donors (Lipinski definition) is 3. The summed E-state index contributed by atoms with van der Waals surface area (Å²) in [6, 6.07) is 14.5. The number of amides is 2. The van der Waals surface area contributed by atoms with Crippen molar-refractivity contribution in [2.75, 3.05) is 13.1 Å². The molecule has 0 bridgehead atoms. The second-order valence-electron chi connectivity index (χ2n) is 5.04. The maximum atomic E-state index is 11.6. The predicted molar refractivity (Wildman–Crippen MR) is 81.4 cm³/mol. The highest BCUT2D eigenvalue weighted by atomic mass is 16.2. The van der Waals surface area contributed by atoms with Crippen molar-refractivity contribution in [1.82, 2.24) is 5.32 Å². The molecule has 2 aromatic carbocycles. The molecule has 5 heteroatoms. The van der Waals surface area contributed by atoms with Crippen molar-refractivity contribution in [2.45, 2.75) is 13.0 Å². The molecule has 1 atom stereocenters. The van der Waals surface area contributed by atoms with E-state index >= 15 is 0 Å². The van der Waals surface area contributed by atoms with Gasteiger partial charge in [0.05, 0.1) is 6.54 Å². The average molecular weight is 286 g/mol. The lowest BCUT2D eigenvalue weighted by Crippen LogP contribution is -2.87. The Bertz CT molecular complexity index is 650.